The Labute approximate surface area is 134 Å². The van der Waals surface area contributed by atoms with Crippen LogP contribution in [0.15, 0.2) is 59.5 Å². The standard InChI is InChI=1S/C17H18ClN3O/c18-15-4-1-3-14(11-15)17-6-5-16(22-17)12-19-7-2-9-21-10-8-20-13-21/h1,3-6,8,10-11,13,19H,2,7,9,12H2. The molecule has 1 N–H and O–H groups in total. The minimum absolute atomic E-state index is 0.716. The SMILES string of the molecule is Clc1cccc(-c2ccc(CNCCCn3ccnc3)o2)c1. The molecular weight excluding hydrogens is 298 g/mol. The smallest absolute Gasteiger partial charge is 0.134 e. The van der Waals surface area contributed by atoms with Crippen molar-refractivity contribution in [3.8, 4) is 11.3 Å². The van der Waals surface area contributed by atoms with Gasteiger partial charge >= 0.3 is 0 Å². The van der Waals surface area contributed by atoms with Crippen molar-refractivity contribution in [1.29, 1.82) is 0 Å². The van der Waals surface area contributed by atoms with Crippen molar-refractivity contribution in [3.05, 3.63) is 65.9 Å². The molecule has 0 radical (unpaired) electrons. The molecule has 1 aromatic carbocycles. The summed E-state index contributed by atoms with van der Waals surface area (Å²) in [7, 11) is 0. The first-order valence-corrected chi connectivity index (χ1v) is 7.70. The van der Waals surface area contributed by atoms with Crippen molar-refractivity contribution < 1.29 is 4.42 Å². The molecule has 0 amide bonds. The molecule has 3 rings (SSSR count). The third kappa shape index (κ3) is 4.00. The van der Waals surface area contributed by atoms with Crippen LogP contribution in [0.3, 0.4) is 0 Å². The van der Waals surface area contributed by atoms with E-state index >= 15 is 0 Å². The molecule has 0 aliphatic rings. The van der Waals surface area contributed by atoms with Gasteiger partial charge in [0.1, 0.15) is 11.5 Å². The molecule has 22 heavy (non-hydrogen) atoms. The molecule has 0 aliphatic heterocycles. The van der Waals surface area contributed by atoms with Crippen molar-refractivity contribution in [2.24, 2.45) is 0 Å². The van der Waals surface area contributed by atoms with Gasteiger partial charge < -0.3 is 14.3 Å². The van der Waals surface area contributed by atoms with E-state index in [1.165, 1.54) is 0 Å². The lowest BCUT2D eigenvalue weighted by Gasteiger charge is -2.04. The molecule has 0 saturated carbocycles. The molecule has 2 heterocycles. The zero-order valence-electron chi connectivity index (χ0n) is 12.2. The van der Waals surface area contributed by atoms with Crippen LogP contribution in [0.1, 0.15) is 12.2 Å². The van der Waals surface area contributed by atoms with Crippen LogP contribution in [0.2, 0.25) is 5.02 Å². The van der Waals surface area contributed by atoms with Gasteiger partial charge in [0.25, 0.3) is 0 Å². The van der Waals surface area contributed by atoms with Crippen molar-refractivity contribution in [3.63, 3.8) is 0 Å². The number of hydrogen-bond acceptors (Lipinski definition) is 3. The number of hydrogen-bond donors (Lipinski definition) is 1. The highest BCUT2D eigenvalue weighted by Gasteiger charge is 2.05. The predicted molar refractivity (Wildman–Crippen MR) is 87.7 cm³/mol. The Kier molecular flexibility index (Phi) is 4.93. The van der Waals surface area contributed by atoms with Gasteiger partial charge in [0.2, 0.25) is 0 Å². The number of halogens is 1. The van der Waals surface area contributed by atoms with Crippen molar-refractivity contribution in [2.75, 3.05) is 6.54 Å². The molecule has 0 fully saturated rings. The second-order valence-corrected chi connectivity index (χ2v) is 5.54. The van der Waals surface area contributed by atoms with Crippen molar-refractivity contribution in [1.82, 2.24) is 14.9 Å². The van der Waals surface area contributed by atoms with Crippen LogP contribution in [0.5, 0.6) is 0 Å². The Bertz CT molecular complexity index is 706. The van der Waals surface area contributed by atoms with Gasteiger partial charge in [-0.1, -0.05) is 23.7 Å². The summed E-state index contributed by atoms with van der Waals surface area (Å²) < 4.78 is 7.92. The second-order valence-electron chi connectivity index (χ2n) is 5.11. The fourth-order valence-electron chi connectivity index (χ4n) is 2.29. The normalized spacial score (nSPS) is 11.0. The zero-order valence-corrected chi connectivity index (χ0v) is 13.0. The summed E-state index contributed by atoms with van der Waals surface area (Å²) in [4.78, 5) is 4.02. The van der Waals surface area contributed by atoms with E-state index in [0.29, 0.717) is 5.02 Å². The van der Waals surface area contributed by atoms with Gasteiger partial charge in [-0.2, -0.15) is 0 Å². The van der Waals surface area contributed by atoms with Crippen LogP contribution < -0.4 is 5.32 Å². The van der Waals surface area contributed by atoms with Crippen LogP contribution in [0.25, 0.3) is 11.3 Å². The third-order valence-electron chi connectivity index (χ3n) is 3.40. The first-order chi connectivity index (χ1) is 10.8. The van der Waals surface area contributed by atoms with Crippen molar-refractivity contribution >= 4 is 11.6 Å². The molecule has 2 aromatic heterocycles. The van der Waals surface area contributed by atoms with Crippen LogP contribution >= 0.6 is 11.6 Å². The first kappa shape index (κ1) is 14.9. The summed E-state index contributed by atoms with van der Waals surface area (Å²) in [6.45, 7) is 2.63. The van der Waals surface area contributed by atoms with Crippen LogP contribution in [0.4, 0.5) is 0 Å². The van der Waals surface area contributed by atoms with Crippen molar-refractivity contribution in [2.45, 2.75) is 19.5 Å². The lowest BCUT2D eigenvalue weighted by Crippen LogP contribution is -2.15. The fourth-order valence-corrected chi connectivity index (χ4v) is 2.48. The largest absolute Gasteiger partial charge is 0.460 e. The molecule has 0 spiro atoms. The summed E-state index contributed by atoms with van der Waals surface area (Å²) in [6.07, 6.45) is 6.67. The number of aryl methyl sites for hydroxylation is 1. The molecule has 0 bridgehead atoms. The summed E-state index contributed by atoms with van der Waals surface area (Å²) in [5.41, 5.74) is 0.999. The lowest BCUT2D eigenvalue weighted by molar-refractivity contribution is 0.484. The van der Waals surface area contributed by atoms with E-state index in [4.69, 9.17) is 16.0 Å². The molecule has 0 saturated heterocycles. The molecule has 3 aromatic rings. The fraction of sp³-hybridized carbons (Fsp3) is 0.235. The maximum absolute atomic E-state index is 6.00. The number of imidazole rings is 1. The molecule has 0 aliphatic carbocycles. The maximum atomic E-state index is 6.00. The number of nitrogens with zero attached hydrogens (tertiary/aromatic N) is 2. The van der Waals surface area contributed by atoms with Gasteiger partial charge in [0.15, 0.2) is 0 Å². The van der Waals surface area contributed by atoms with Crippen LogP contribution in [-0.2, 0) is 13.1 Å². The topological polar surface area (TPSA) is 43.0 Å². The summed E-state index contributed by atoms with van der Waals surface area (Å²) in [6, 6.07) is 11.7. The summed E-state index contributed by atoms with van der Waals surface area (Å²) >= 11 is 6.00. The summed E-state index contributed by atoms with van der Waals surface area (Å²) in [5.74, 6) is 1.77. The average molecular weight is 316 g/mol. The second kappa shape index (κ2) is 7.29. The van der Waals surface area contributed by atoms with Crippen LogP contribution in [0, 0.1) is 0 Å². The molecule has 0 atom stereocenters. The highest BCUT2D eigenvalue weighted by molar-refractivity contribution is 6.30. The van der Waals surface area contributed by atoms with Gasteiger partial charge in [-0.05, 0) is 37.2 Å². The van der Waals surface area contributed by atoms with E-state index in [-0.39, 0.29) is 0 Å². The quantitative estimate of drug-likeness (QED) is 0.671. The Balaban J connectivity index is 1.46. The molecular formula is C17H18ClN3O. The molecule has 114 valence electrons. The Hall–Kier alpha value is -2.04. The first-order valence-electron chi connectivity index (χ1n) is 7.32. The van der Waals surface area contributed by atoms with Gasteiger partial charge in [-0.15, -0.1) is 0 Å². The lowest BCUT2D eigenvalue weighted by atomic mass is 10.2. The Morgan fingerprint density at radius 1 is 1.23 bits per heavy atom. The van der Waals surface area contributed by atoms with E-state index in [1.54, 1.807) is 6.20 Å². The Morgan fingerprint density at radius 3 is 3.00 bits per heavy atom. The number of furan rings is 1. The summed E-state index contributed by atoms with van der Waals surface area (Å²) in [5, 5.41) is 4.10. The van der Waals surface area contributed by atoms with E-state index in [1.807, 2.05) is 48.9 Å². The van der Waals surface area contributed by atoms with Gasteiger partial charge in [-0.25, -0.2) is 4.98 Å². The molecule has 4 nitrogen and oxygen atoms in total. The monoisotopic (exact) mass is 315 g/mol. The number of aromatic nitrogens is 2. The van der Waals surface area contributed by atoms with Crippen LogP contribution in [-0.4, -0.2) is 16.1 Å². The third-order valence-corrected chi connectivity index (χ3v) is 3.63. The zero-order chi connectivity index (χ0) is 15.2. The highest BCUT2D eigenvalue weighted by Crippen LogP contribution is 2.24. The Morgan fingerprint density at radius 2 is 2.18 bits per heavy atom. The van der Waals surface area contributed by atoms with E-state index in [0.717, 1.165) is 43.1 Å². The van der Waals surface area contributed by atoms with E-state index in [9.17, 15) is 0 Å². The van der Waals surface area contributed by atoms with E-state index in [2.05, 4.69) is 14.9 Å². The minimum atomic E-state index is 0.716. The van der Waals surface area contributed by atoms with Gasteiger partial charge in [0.05, 0.1) is 12.9 Å². The number of rotatable bonds is 7. The van der Waals surface area contributed by atoms with E-state index < -0.39 is 0 Å². The van der Waals surface area contributed by atoms with Gasteiger partial charge in [-0.3, -0.25) is 0 Å². The van der Waals surface area contributed by atoms with Gasteiger partial charge in [0, 0.05) is 29.5 Å². The maximum Gasteiger partial charge on any atom is 0.134 e. The predicted octanol–water partition coefficient (Wildman–Crippen LogP) is 3.98. The average Bonchev–Trinajstić information content (AvgIpc) is 3.18. The highest BCUT2D eigenvalue weighted by atomic mass is 35.5. The number of benzene rings is 1. The molecule has 5 heteroatoms. The molecule has 0 unspecified atom stereocenters. The number of nitrogens with one attached hydrogen (secondary N) is 1. The minimum Gasteiger partial charge on any atom is -0.460 e.